The second-order valence-electron chi connectivity index (χ2n) is 6.45. The van der Waals surface area contributed by atoms with Gasteiger partial charge in [0.05, 0.1) is 11.1 Å². The molecule has 0 radical (unpaired) electrons. The lowest BCUT2D eigenvalue weighted by Gasteiger charge is -2.13. The van der Waals surface area contributed by atoms with Crippen LogP contribution < -0.4 is 5.56 Å². The third kappa shape index (κ3) is 2.27. The van der Waals surface area contributed by atoms with Crippen molar-refractivity contribution in [3.05, 3.63) is 68.9 Å². The summed E-state index contributed by atoms with van der Waals surface area (Å²) >= 11 is 3.42. The van der Waals surface area contributed by atoms with E-state index < -0.39 is 0 Å². The Morgan fingerprint density at radius 1 is 0.962 bits per heavy atom. The number of carbonyl (C=O) groups is 1. The molecule has 0 spiro atoms. The van der Waals surface area contributed by atoms with Gasteiger partial charge in [-0.1, -0.05) is 46.3 Å². The number of para-hydroxylation sites is 1. The monoisotopic (exact) mass is 408 g/mol. The average molecular weight is 409 g/mol. The molecule has 0 fully saturated rings. The van der Waals surface area contributed by atoms with Crippen molar-refractivity contribution in [2.24, 2.45) is 14.1 Å². The Balaban J connectivity index is 2.30. The quantitative estimate of drug-likeness (QED) is 0.452. The van der Waals surface area contributed by atoms with E-state index in [-0.39, 0.29) is 11.3 Å². The van der Waals surface area contributed by atoms with Crippen molar-refractivity contribution in [3.8, 4) is 11.1 Å². The number of fused-ring (bicyclic) bond motifs is 3. The fourth-order valence-corrected chi connectivity index (χ4v) is 4.02. The van der Waals surface area contributed by atoms with Crippen LogP contribution in [0, 0.1) is 0 Å². The highest BCUT2D eigenvalue weighted by molar-refractivity contribution is 9.10. The summed E-state index contributed by atoms with van der Waals surface area (Å²) in [7, 11) is 3.68. The van der Waals surface area contributed by atoms with Crippen LogP contribution in [0.3, 0.4) is 0 Å². The molecule has 0 aliphatic heterocycles. The summed E-state index contributed by atoms with van der Waals surface area (Å²) in [5.41, 5.74) is 3.26. The fourth-order valence-electron chi connectivity index (χ4n) is 3.75. The van der Waals surface area contributed by atoms with Crippen molar-refractivity contribution >= 4 is 43.6 Å². The maximum Gasteiger partial charge on any atom is 0.260 e. The number of Topliss-reactive ketones (excluding diaryl/α,β-unsaturated/α-hetero) is 1. The lowest BCUT2D eigenvalue weighted by atomic mass is 9.95. The maximum atomic E-state index is 13.2. The minimum absolute atomic E-state index is 0.109. The molecule has 0 aliphatic carbocycles. The molecule has 4 rings (SSSR count). The van der Waals surface area contributed by atoms with Gasteiger partial charge in [0.25, 0.3) is 5.56 Å². The summed E-state index contributed by atoms with van der Waals surface area (Å²) in [4.78, 5) is 25.9. The second-order valence-corrected chi connectivity index (χ2v) is 7.37. The molecule has 130 valence electrons. The molecule has 2 aromatic heterocycles. The molecule has 0 atom stereocenters. The van der Waals surface area contributed by atoms with Crippen molar-refractivity contribution in [2.75, 3.05) is 0 Å². The first-order valence-electron chi connectivity index (χ1n) is 8.28. The molecule has 0 amide bonds. The summed E-state index contributed by atoms with van der Waals surface area (Å²) in [5, 5.41) is 1.81. The number of aryl methyl sites for hydroxylation is 2. The van der Waals surface area contributed by atoms with E-state index in [1.165, 1.54) is 6.92 Å². The number of nitrogens with zero attached hydrogens (tertiary/aromatic N) is 2. The van der Waals surface area contributed by atoms with Crippen molar-refractivity contribution in [1.82, 2.24) is 9.13 Å². The summed E-state index contributed by atoms with van der Waals surface area (Å²) in [6.07, 6.45) is 0. The number of carbonyl (C=O) groups excluding carboxylic acids is 1. The van der Waals surface area contributed by atoms with E-state index >= 15 is 0 Å². The zero-order chi connectivity index (χ0) is 18.6. The van der Waals surface area contributed by atoms with Gasteiger partial charge in [-0.05, 0) is 30.7 Å². The standard InChI is InChI=1S/C21H17BrN2O2/c1-12(25)17-18(13-8-10-14(22)11-9-13)21(26)24(3)20-19(17)15-6-4-5-7-16(15)23(20)2/h4-11H,1-3H3. The predicted octanol–water partition coefficient (Wildman–Crippen LogP) is 4.66. The SMILES string of the molecule is CC(=O)c1c(-c2ccc(Br)cc2)c(=O)n(C)c2c1c1ccccc1n2C. The number of benzene rings is 2. The summed E-state index contributed by atoms with van der Waals surface area (Å²) < 4.78 is 4.54. The second kappa shape index (κ2) is 5.95. The third-order valence-corrected chi connectivity index (χ3v) is 5.43. The number of hydrogen-bond acceptors (Lipinski definition) is 2. The van der Waals surface area contributed by atoms with Gasteiger partial charge >= 0.3 is 0 Å². The largest absolute Gasteiger partial charge is 0.330 e. The Bertz CT molecular complexity index is 1250. The van der Waals surface area contributed by atoms with Gasteiger partial charge in [0.2, 0.25) is 0 Å². The van der Waals surface area contributed by atoms with Crippen LogP contribution in [0.2, 0.25) is 0 Å². The highest BCUT2D eigenvalue weighted by Crippen LogP contribution is 2.34. The summed E-state index contributed by atoms with van der Waals surface area (Å²) in [6.45, 7) is 1.53. The average Bonchev–Trinajstić information content (AvgIpc) is 2.92. The van der Waals surface area contributed by atoms with Crippen molar-refractivity contribution < 1.29 is 4.79 Å². The Labute approximate surface area is 158 Å². The number of ketones is 1. The van der Waals surface area contributed by atoms with Gasteiger partial charge in [-0.3, -0.25) is 14.2 Å². The van der Waals surface area contributed by atoms with Crippen LogP contribution in [0.15, 0.2) is 57.8 Å². The van der Waals surface area contributed by atoms with Crippen molar-refractivity contribution in [1.29, 1.82) is 0 Å². The molecule has 2 heterocycles. The van der Waals surface area contributed by atoms with Gasteiger partial charge in [0.1, 0.15) is 5.65 Å². The molecular weight excluding hydrogens is 392 g/mol. The van der Waals surface area contributed by atoms with Gasteiger partial charge in [-0.2, -0.15) is 0 Å². The molecule has 2 aromatic carbocycles. The molecule has 0 N–H and O–H groups in total. The molecule has 0 unspecified atom stereocenters. The molecule has 0 saturated carbocycles. The van der Waals surface area contributed by atoms with Gasteiger partial charge in [0, 0.05) is 34.9 Å². The van der Waals surface area contributed by atoms with Crippen LogP contribution in [0.4, 0.5) is 0 Å². The van der Waals surface area contributed by atoms with Gasteiger partial charge in [0.15, 0.2) is 5.78 Å². The molecule has 0 bridgehead atoms. The maximum absolute atomic E-state index is 13.2. The lowest BCUT2D eigenvalue weighted by Crippen LogP contribution is -2.23. The van der Waals surface area contributed by atoms with Crippen LogP contribution in [0.5, 0.6) is 0 Å². The van der Waals surface area contributed by atoms with Crippen LogP contribution >= 0.6 is 15.9 Å². The van der Waals surface area contributed by atoms with Crippen LogP contribution in [0.1, 0.15) is 17.3 Å². The van der Waals surface area contributed by atoms with Crippen LogP contribution in [-0.2, 0) is 14.1 Å². The molecule has 4 aromatic rings. The number of pyridine rings is 1. The minimum atomic E-state index is -0.170. The zero-order valence-electron chi connectivity index (χ0n) is 14.7. The van der Waals surface area contributed by atoms with Crippen molar-refractivity contribution in [3.63, 3.8) is 0 Å². The number of halogens is 1. The van der Waals surface area contributed by atoms with Crippen molar-refractivity contribution in [2.45, 2.75) is 6.92 Å². The van der Waals surface area contributed by atoms with E-state index in [1.807, 2.05) is 60.1 Å². The Morgan fingerprint density at radius 2 is 1.62 bits per heavy atom. The predicted molar refractivity (Wildman–Crippen MR) is 109 cm³/mol. The first-order chi connectivity index (χ1) is 12.4. The van der Waals surface area contributed by atoms with E-state index in [4.69, 9.17) is 0 Å². The minimum Gasteiger partial charge on any atom is -0.330 e. The Kier molecular flexibility index (Phi) is 3.84. The topological polar surface area (TPSA) is 44.0 Å². The normalized spacial score (nSPS) is 11.4. The van der Waals surface area contributed by atoms with Gasteiger partial charge in [-0.15, -0.1) is 0 Å². The first kappa shape index (κ1) is 16.8. The highest BCUT2D eigenvalue weighted by Gasteiger charge is 2.24. The Morgan fingerprint density at radius 3 is 2.27 bits per heavy atom. The van der Waals surface area contributed by atoms with Gasteiger partial charge < -0.3 is 4.57 Å². The number of rotatable bonds is 2. The highest BCUT2D eigenvalue weighted by atomic mass is 79.9. The molecule has 4 nitrogen and oxygen atoms in total. The lowest BCUT2D eigenvalue weighted by molar-refractivity contribution is 0.101. The fraction of sp³-hybridized carbons (Fsp3) is 0.143. The summed E-state index contributed by atoms with van der Waals surface area (Å²) in [5.74, 6) is -0.109. The molecular formula is C21H17BrN2O2. The molecule has 5 heteroatoms. The molecule has 0 saturated heterocycles. The summed E-state index contributed by atoms with van der Waals surface area (Å²) in [6, 6.07) is 15.4. The molecule has 26 heavy (non-hydrogen) atoms. The van der Waals surface area contributed by atoms with Crippen LogP contribution in [-0.4, -0.2) is 14.9 Å². The smallest absolute Gasteiger partial charge is 0.260 e. The zero-order valence-corrected chi connectivity index (χ0v) is 16.3. The van der Waals surface area contributed by atoms with E-state index in [1.54, 1.807) is 11.6 Å². The molecule has 0 aliphatic rings. The van der Waals surface area contributed by atoms with E-state index in [2.05, 4.69) is 15.9 Å². The number of aromatic nitrogens is 2. The number of hydrogen-bond donors (Lipinski definition) is 0. The van der Waals surface area contributed by atoms with Gasteiger partial charge in [-0.25, -0.2) is 0 Å². The first-order valence-corrected chi connectivity index (χ1v) is 9.08. The third-order valence-electron chi connectivity index (χ3n) is 4.90. The van der Waals surface area contributed by atoms with Crippen LogP contribution in [0.25, 0.3) is 33.1 Å². The van der Waals surface area contributed by atoms with E-state index in [9.17, 15) is 9.59 Å². The Hall–Kier alpha value is -2.66. The van der Waals surface area contributed by atoms with E-state index in [0.717, 1.165) is 32.0 Å². The van der Waals surface area contributed by atoms with E-state index in [0.29, 0.717) is 11.1 Å².